The van der Waals surface area contributed by atoms with E-state index < -0.39 is 53.9 Å². The van der Waals surface area contributed by atoms with E-state index in [1.807, 2.05) is 0 Å². The topological polar surface area (TPSA) is 157 Å². The van der Waals surface area contributed by atoms with Crippen LogP contribution in [0.25, 0.3) is 0 Å². The van der Waals surface area contributed by atoms with Crippen LogP contribution in [-0.2, 0) is 43.0 Å². The van der Waals surface area contributed by atoms with Crippen molar-refractivity contribution < 1.29 is 48.1 Å². The van der Waals surface area contributed by atoms with Gasteiger partial charge in [0.15, 0.2) is 6.61 Å². The van der Waals surface area contributed by atoms with Crippen LogP contribution in [0.2, 0.25) is 0 Å². The summed E-state index contributed by atoms with van der Waals surface area (Å²) in [5.74, 6) is -6.55. The first kappa shape index (κ1) is 23.2. The molecule has 0 aromatic rings. The van der Waals surface area contributed by atoms with Gasteiger partial charge in [-0.15, -0.1) is 0 Å². The SMILES string of the molecule is O=C(O)C=C(CC(=O)C(=O)N1CCOCC1)C(=O)OCC(=O)C(=O)N1CCOCC1. The molecule has 2 rings (SSSR count). The van der Waals surface area contributed by atoms with Gasteiger partial charge in [0, 0.05) is 38.7 Å². The number of hydrogen-bond acceptors (Lipinski definition) is 9. The molecule has 164 valence electrons. The molecule has 0 aromatic heterocycles. The Kier molecular flexibility index (Phi) is 8.62. The van der Waals surface area contributed by atoms with Crippen molar-refractivity contribution in [3.8, 4) is 0 Å². The number of nitrogens with zero attached hydrogens (tertiary/aromatic N) is 2. The Morgan fingerprint density at radius 1 is 0.800 bits per heavy atom. The number of ether oxygens (including phenoxy) is 3. The van der Waals surface area contributed by atoms with Crippen molar-refractivity contribution in [2.24, 2.45) is 0 Å². The maximum absolute atomic E-state index is 12.2. The number of Topliss-reactive ketones (excluding diaryl/α,β-unsaturated/α-hetero) is 2. The van der Waals surface area contributed by atoms with E-state index >= 15 is 0 Å². The monoisotopic (exact) mass is 426 g/mol. The average molecular weight is 426 g/mol. The minimum absolute atomic E-state index is 0.200. The molecule has 0 saturated carbocycles. The normalized spacial score (nSPS) is 17.3. The first-order valence-electron chi connectivity index (χ1n) is 9.20. The van der Waals surface area contributed by atoms with Crippen LogP contribution in [0.5, 0.6) is 0 Å². The van der Waals surface area contributed by atoms with E-state index in [0.29, 0.717) is 6.08 Å². The highest BCUT2D eigenvalue weighted by Gasteiger charge is 2.28. The van der Waals surface area contributed by atoms with Gasteiger partial charge in [-0.05, 0) is 0 Å². The fourth-order valence-electron chi connectivity index (χ4n) is 2.75. The summed E-state index contributed by atoms with van der Waals surface area (Å²) < 4.78 is 14.9. The number of esters is 1. The van der Waals surface area contributed by atoms with Crippen molar-refractivity contribution in [3.05, 3.63) is 11.6 Å². The summed E-state index contributed by atoms with van der Waals surface area (Å²) in [7, 11) is 0. The smallest absolute Gasteiger partial charge is 0.335 e. The summed E-state index contributed by atoms with van der Waals surface area (Å²) in [5.41, 5.74) is -0.610. The van der Waals surface area contributed by atoms with Crippen LogP contribution in [0.4, 0.5) is 0 Å². The molecule has 2 amide bonds. The standard InChI is InChI=1S/C18H22N2O10/c21-13(16(25)19-1-5-28-6-2-19)9-12(10-15(23)24)18(27)30-11-14(22)17(26)20-3-7-29-8-4-20/h10H,1-9,11H2,(H,23,24). The van der Waals surface area contributed by atoms with Gasteiger partial charge in [0.05, 0.1) is 32.0 Å². The highest BCUT2D eigenvalue weighted by Crippen LogP contribution is 2.09. The Balaban J connectivity index is 1.93. The summed E-state index contributed by atoms with van der Waals surface area (Å²) in [5, 5.41) is 8.92. The van der Waals surface area contributed by atoms with Gasteiger partial charge in [0.1, 0.15) is 0 Å². The Morgan fingerprint density at radius 2 is 1.27 bits per heavy atom. The summed E-state index contributed by atoms with van der Waals surface area (Å²) in [6.45, 7) is 1.01. The number of aliphatic carboxylic acids is 1. The van der Waals surface area contributed by atoms with Crippen LogP contribution in [0.15, 0.2) is 11.6 Å². The number of carboxylic acids is 1. The van der Waals surface area contributed by atoms with E-state index in [0.717, 1.165) is 0 Å². The first-order chi connectivity index (χ1) is 14.3. The predicted octanol–water partition coefficient (Wildman–Crippen LogP) is -2.21. The molecule has 0 aliphatic carbocycles. The fourth-order valence-corrected chi connectivity index (χ4v) is 2.75. The lowest BCUT2D eigenvalue weighted by Gasteiger charge is -2.26. The van der Waals surface area contributed by atoms with Crippen LogP contribution in [0.3, 0.4) is 0 Å². The third-order valence-corrected chi connectivity index (χ3v) is 4.32. The van der Waals surface area contributed by atoms with Crippen molar-refractivity contribution >= 4 is 35.3 Å². The zero-order valence-corrected chi connectivity index (χ0v) is 16.2. The summed E-state index contributed by atoms with van der Waals surface area (Å²) in [6, 6.07) is 0. The van der Waals surface area contributed by atoms with E-state index in [9.17, 15) is 28.8 Å². The quantitative estimate of drug-likeness (QED) is 0.256. The molecule has 1 N–H and O–H groups in total. The average Bonchev–Trinajstić information content (AvgIpc) is 2.76. The molecule has 0 radical (unpaired) electrons. The number of morpholine rings is 2. The molecule has 2 saturated heterocycles. The molecule has 2 aliphatic heterocycles. The first-order valence-corrected chi connectivity index (χ1v) is 9.20. The highest BCUT2D eigenvalue weighted by molar-refractivity contribution is 6.38. The molecule has 0 spiro atoms. The van der Waals surface area contributed by atoms with E-state index in [2.05, 4.69) is 0 Å². The van der Waals surface area contributed by atoms with Gasteiger partial charge in [-0.1, -0.05) is 0 Å². The maximum atomic E-state index is 12.2. The number of carboxylic acid groups (broad SMARTS) is 1. The van der Waals surface area contributed by atoms with Crippen molar-refractivity contribution in [1.82, 2.24) is 9.80 Å². The molecule has 0 aromatic carbocycles. The van der Waals surface area contributed by atoms with Crippen LogP contribution in [0.1, 0.15) is 6.42 Å². The van der Waals surface area contributed by atoms with Crippen LogP contribution < -0.4 is 0 Å². The second kappa shape index (κ2) is 11.2. The Bertz CT molecular complexity index is 748. The van der Waals surface area contributed by atoms with E-state index in [1.165, 1.54) is 9.80 Å². The molecule has 12 heteroatoms. The third kappa shape index (κ3) is 6.74. The number of amides is 2. The summed E-state index contributed by atoms with van der Waals surface area (Å²) in [6.07, 6.45) is -0.381. The predicted molar refractivity (Wildman–Crippen MR) is 96.1 cm³/mol. The maximum Gasteiger partial charge on any atom is 0.335 e. The molecular formula is C18H22N2O10. The van der Waals surface area contributed by atoms with Gasteiger partial charge >= 0.3 is 11.9 Å². The second-order valence-electron chi connectivity index (χ2n) is 6.42. The molecule has 2 fully saturated rings. The lowest BCUT2D eigenvalue weighted by atomic mass is 10.1. The molecule has 30 heavy (non-hydrogen) atoms. The minimum Gasteiger partial charge on any atom is -0.478 e. The largest absolute Gasteiger partial charge is 0.478 e. The fraction of sp³-hybridized carbons (Fsp3) is 0.556. The summed E-state index contributed by atoms with van der Waals surface area (Å²) in [4.78, 5) is 73.9. The van der Waals surface area contributed by atoms with Crippen molar-refractivity contribution in [1.29, 1.82) is 0 Å². The van der Waals surface area contributed by atoms with Gasteiger partial charge in [-0.2, -0.15) is 0 Å². The zero-order valence-electron chi connectivity index (χ0n) is 16.2. The zero-order chi connectivity index (χ0) is 22.1. The van der Waals surface area contributed by atoms with Crippen LogP contribution >= 0.6 is 0 Å². The van der Waals surface area contributed by atoms with Gasteiger partial charge in [-0.3, -0.25) is 19.2 Å². The van der Waals surface area contributed by atoms with Crippen molar-refractivity contribution in [3.63, 3.8) is 0 Å². The molecule has 0 unspecified atom stereocenters. The molecular weight excluding hydrogens is 404 g/mol. The Morgan fingerprint density at radius 3 is 1.73 bits per heavy atom. The van der Waals surface area contributed by atoms with E-state index in [1.54, 1.807) is 0 Å². The number of hydrogen-bond donors (Lipinski definition) is 1. The number of carbonyl (C=O) groups excluding carboxylic acids is 5. The van der Waals surface area contributed by atoms with Gasteiger partial charge in [0.2, 0.25) is 5.78 Å². The van der Waals surface area contributed by atoms with Crippen LogP contribution in [0, 0.1) is 0 Å². The number of carbonyl (C=O) groups is 6. The lowest BCUT2D eigenvalue weighted by molar-refractivity contribution is -0.153. The third-order valence-electron chi connectivity index (χ3n) is 4.32. The summed E-state index contributed by atoms with van der Waals surface area (Å²) >= 11 is 0. The Labute approximate surface area is 171 Å². The molecule has 0 bridgehead atoms. The minimum atomic E-state index is -1.54. The number of ketones is 2. The number of rotatable bonds is 8. The lowest BCUT2D eigenvalue weighted by Crippen LogP contribution is -2.45. The highest BCUT2D eigenvalue weighted by atomic mass is 16.5. The van der Waals surface area contributed by atoms with Crippen molar-refractivity contribution in [2.45, 2.75) is 6.42 Å². The van der Waals surface area contributed by atoms with E-state index in [-0.39, 0.29) is 52.6 Å². The van der Waals surface area contributed by atoms with E-state index in [4.69, 9.17) is 19.3 Å². The molecule has 2 heterocycles. The van der Waals surface area contributed by atoms with Crippen LogP contribution in [-0.4, -0.2) is 109 Å². The van der Waals surface area contributed by atoms with Gasteiger partial charge in [0.25, 0.3) is 17.6 Å². The molecule has 12 nitrogen and oxygen atoms in total. The second-order valence-corrected chi connectivity index (χ2v) is 6.42. The Hall–Kier alpha value is -3.12. The van der Waals surface area contributed by atoms with Gasteiger partial charge in [-0.25, -0.2) is 9.59 Å². The van der Waals surface area contributed by atoms with Crippen molar-refractivity contribution in [2.75, 3.05) is 59.2 Å². The van der Waals surface area contributed by atoms with Gasteiger partial charge < -0.3 is 29.1 Å². The molecule has 0 atom stereocenters. The molecule has 2 aliphatic rings.